The van der Waals surface area contributed by atoms with Gasteiger partial charge in [-0.25, -0.2) is 4.98 Å². The van der Waals surface area contributed by atoms with Crippen molar-refractivity contribution >= 4 is 29.0 Å². The van der Waals surface area contributed by atoms with Crippen LogP contribution in [0.4, 0.5) is 0 Å². The minimum absolute atomic E-state index is 0.471. The molecule has 2 nitrogen and oxygen atoms in total. The summed E-state index contributed by atoms with van der Waals surface area (Å²) in [6.07, 6.45) is 3.15. The quantitative estimate of drug-likeness (QED) is 0.676. The highest BCUT2D eigenvalue weighted by molar-refractivity contribution is 8.11. The summed E-state index contributed by atoms with van der Waals surface area (Å²) >= 11 is 9.13. The number of nitrogens with zero attached hydrogens (tertiary/aromatic N) is 1. The van der Waals surface area contributed by atoms with Crippen LogP contribution in [0.15, 0.2) is 35.1 Å². The van der Waals surface area contributed by atoms with Crippen molar-refractivity contribution in [2.45, 2.75) is 19.8 Å². The summed E-state index contributed by atoms with van der Waals surface area (Å²) in [5, 5.41) is 0. The van der Waals surface area contributed by atoms with Crippen molar-refractivity contribution < 1.29 is 4.42 Å². The summed E-state index contributed by atoms with van der Waals surface area (Å²) in [5.74, 6) is 0.772. The number of thiocarbonyl (C=S) groups is 1. The number of aromatic nitrogens is 1. The van der Waals surface area contributed by atoms with Gasteiger partial charge in [-0.1, -0.05) is 43.4 Å². The second-order valence-corrected chi connectivity index (χ2v) is 4.93. The van der Waals surface area contributed by atoms with Crippen LogP contribution in [0.1, 0.15) is 29.5 Å². The molecule has 0 unspecified atom stereocenters. The highest BCUT2D eigenvalue weighted by Crippen LogP contribution is 2.16. The molecular weight excluding hydrogens is 250 g/mol. The van der Waals surface area contributed by atoms with Crippen LogP contribution in [0.3, 0.4) is 0 Å². The molecule has 4 heteroatoms. The first-order chi connectivity index (χ1) is 8.20. The van der Waals surface area contributed by atoms with Crippen LogP contribution in [-0.2, 0) is 12.8 Å². The second kappa shape index (κ2) is 5.47. The number of rotatable bonds is 4. The Morgan fingerprint density at radius 2 is 1.94 bits per heavy atom. The van der Waals surface area contributed by atoms with E-state index in [-0.39, 0.29) is 0 Å². The molecule has 0 aliphatic heterocycles. The molecule has 0 fully saturated rings. The standard InChI is InChI=1S/C13H13NOS2/c1-2-9-3-5-10(6-4-9)7-11-12(13(16)17)14-8-15-11/h3-6,8H,2,7H2,1H3,(H,16,17). The predicted molar refractivity (Wildman–Crippen MR) is 75.8 cm³/mol. The van der Waals surface area contributed by atoms with E-state index < -0.39 is 0 Å². The molecule has 1 aromatic carbocycles. The lowest BCUT2D eigenvalue weighted by Crippen LogP contribution is -1.96. The van der Waals surface area contributed by atoms with E-state index in [9.17, 15) is 0 Å². The van der Waals surface area contributed by atoms with E-state index in [1.54, 1.807) is 0 Å². The maximum absolute atomic E-state index is 5.34. The predicted octanol–water partition coefficient (Wildman–Crippen LogP) is 3.43. The molecule has 0 N–H and O–H groups in total. The topological polar surface area (TPSA) is 26.0 Å². The molecule has 0 saturated heterocycles. The largest absolute Gasteiger partial charge is 0.447 e. The third kappa shape index (κ3) is 2.96. The zero-order chi connectivity index (χ0) is 12.3. The van der Waals surface area contributed by atoms with Crippen LogP contribution < -0.4 is 0 Å². The molecule has 1 heterocycles. The maximum atomic E-state index is 5.34. The molecule has 1 aromatic heterocycles. The first-order valence-electron chi connectivity index (χ1n) is 5.44. The molecule has 0 atom stereocenters. The van der Waals surface area contributed by atoms with Crippen LogP contribution in [0, 0.1) is 0 Å². The molecule has 2 aromatic rings. The Morgan fingerprint density at radius 1 is 1.29 bits per heavy atom. The number of benzene rings is 1. The van der Waals surface area contributed by atoms with Crippen molar-refractivity contribution in [3.63, 3.8) is 0 Å². The molecule has 0 saturated carbocycles. The van der Waals surface area contributed by atoms with Crippen molar-refractivity contribution in [2.24, 2.45) is 0 Å². The minimum Gasteiger partial charge on any atom is -0.447 e. The molecule has 2 rings (SSSR count). The fraction of sp³-hybridized carbons (Fsp3) is 0.231. The normalized spacial score (nSPS) is 10.5. The van der Waals surface area contributed by atoms with Gasteiger partial charge in [-0.2, -0.15) is 0 Å². The van der Waals surface area contributed by atoms with E-state index in [0.29, 0.717) is 16.3 Å². The first-order valence-corrected chi connectivity index (χ1v) is 6.29. The van der Waals surface area contributed by atoms with Gasteiger partial charge in [0.25, 0.3) is 0 Å². The fourth-order valence-corrected chi connectivity index (χ4v) is 2.00. The highest BCUT2D eigenvalue weighted by Gasteiger charge is 2.11. The SMILES string of the molecule is CCc1ccc(Cc2ocnc2C(=S)S)cc1. The highest BCUT2D eigenvalue weighted by atomic mass is 32.1. The Bertz CT molecular complexity index is 516. The van der Waals surface area contributed by atoms with Gasteiger partial charge in [-0.05, 0) is 17.5 Å². The van der Waals surface area contributed by atoms with Crippen molar-refractivity contribution in [1.29, 1.82) is 0 Å². The summed E-state index contributed by atoms with van der Waals surface area (Å²) in [7, 11) is 0. The summed E-state index contributed by atoms with van der Waals surface area (Å²) in [6.45, 7) is 2.14. The van der Waals surface area contributed by atoms with Crippen LogP contribution in [0.5, 0.6) is 0 Å². The van der Waals surface area contributed by atoms with Crippen LogP contribution in [0.25, 0.3) is 0 Å². The van der Waals surface area contributed by atoms with E-state index in [4.69, 9.17) is 16.6 Å². The number of thiol groups is 1. The molecule has 17 heavy (non-hydrogen) atoms. The number of aryl methyl sites for hydroxylation is 1. The van der Waals surface area contributed by atoms with Gasteiger partial charge in [0.15, 0.2) is 6.39 Å². The summed E-state index contributed by atoms with van der Waals surface area (Å²) in [6, 6.07) is 8.47. The third-order valence-corrected chi connectivity index (χ3v) is 3.04. The van der Waals surface area contributed by atoms with Gasteiger partial charge in [0.2, 0.25) is 0 Å². The molecule has 0 bridgehead atoms. The molecule has 0 radical (unpaired) electrons. The van der Waals surface area contributed by atoms with Gasteiger partial charge < -0.3 is 4.42 Å². The van der Waals surface area contributed by atoms with E-state index in [1.165, 1.54) is 17.5 Å². The first kappa shape index (κ1) is 12.3. The average Bonchev–Trinajstić information content (AvgIpc) is 2.78. The average molecular weight is 263 g/mol. The molecule has 88 valence electrons. The summed E-state index contributed by atoms with van der Waals surface area (Å²) < 4.78 is 5.81. The Labute approximate surface area is 111 Å². The molecular formula is C13H13NOS2. The third-order valence-electron chi connectivity index (χ3n) is 2.64. The van der Waals surface area contributed by atoms with Crippen molar-refractivity contribution in [2.75, 3.05) is 0 Å². The van der Waals surface area contributed by atoms with Crippen molar-refractivity contribution in [3.8, 4) is 0 Å². The van der Waals surface area contributed by atoms with Crippen molar-refractivity contribution in [3.05, 3.63) is 53.2 Å². The van der Waals surface area contributed by atoms with E-state index in [0.717, 1.165) is 12.2 Å². The molecule has 0 spiro atoms. The lowest BCUT2D eigenvalue weighted by molar-refractivity contribution is 0.514. The van der Waals surface area contributed by atoms with Gasteiger partial charge in [-0.15, -0.1) is 12.6 Å². The van der Waals surface area contributed by atoms with E-state index in [2.05, 4.69) is 48.8 Å². The minimum atomic E-state index is 0.471. The van der Waals surface area contributed by atoms with Crippen LogP contribution in [-0.4, -0.2) is 9.18 Å². The number of hydrogen-bond donors (Lipinski definition) is 1. The monoisotopic (exact) mass is 263 g/mol. The van der Waals surface area contributed by atoms with Crippen molar-refractivity contribution in [1.82, 2.24) is 4.98 Å². The number of hydrogen-bond acceptors (Lipinski definition) is 3. The second-order valence-electron chi connectivity index (χ2n) is 3.78. The molecule has 0 aliphatic carbocycles. The summed E-state index contributed by atoms with van der Waals surface area (Å²) in [4.78, 5) is 4.06. The summed E-state index contributed by atoms with van der Waals surface area (Å²) in [5.41, 5.74) is 3.18. The molecule has 0 aliphatic rings. The van der Waals surface area contributed by atoms with Crippen LogP contribution in [0.2, 0.25) is 0 Å². The maximum Gasteiger partial charge on any atom is 0.181 e. The van der Waals surface area contributed by atoms with Gasteiger partial charge in [0.1, 0.15) is 11.5 Å². The van der Waals surface area contributed by atoms with E-state index in [1.807, 2.05) is 0 Å². The van der Waals surface area contributed by atoms with Gasteiger partial charge in [-0.3, -0.25) is 0 Å². The Morgan fingerprint density at radius 3 is 2.53 bits per heavy atom. The molecule has 0 amide bonds. The zero-order valence-electron chi connectivity index (χ0n) is 9.51. The van der Waals surface area contributed by atoms with E-state index >= 15 is 0 Å². The zero-order valence-corrected chi connectivity index (χ0v) is 11.2. The van der Waals surface area contributed by atoms with Gasteiger partial charge in [0.05, 0.1) is 4.20 Å². The smallest absolute Gasteiger partial charge is 0.181 e. The fourth-order valence-electron chi connectivity index (χ4n) is 1.65. The Kier molecular flexibility index (Phi) is 3.97. The lowest BCUT2D eigenvalue weighted by atomic mass is 10.1. The lowest BCUT2D eigenvalue weighted by Gasteiger charge is -2.02. The van der Waals surface area contributed by atoms with Crippen LogP contribution >= 0.6 is 24.8 Å². The van der Waals surface area contributed by atoms with Gasteiger partial charge >= 0.3 is 0 Å². The Hall–Kier alpha value is -1.13. The number of oxazole rings is 1. The van der Waals surface area contributed by atoms with Gasteiger partial charge in [0, 0.05) is 6.42 Å². The Balaban J connectivity index is 2.19.